The molecule has 0 aromatic carbocycles. The van der Waals surface area contributed by atoms with Crippen molar-refractivity contribution >= 4 is 0 Å². The van der Waals surface area contributed by atoms with Gasteiger partial charge in [-0.1, -0.05) is 18.7 Å². The standard InChI is InChI=1S/C15H26N2O2/c1-3-4-7-15(18-2)8-5-6-14(9-10-16)17-11-12-19-13-17/h3-4,7-8,14H,1,5-6,9-13,16H2,2H3/b7-4-,15-8+. The van der Waals surface area contributed by atoms with Crippen molar-refractivity contribution in [2.45, 2.75) is 25.3 Å². The molecule has 4 heteroatoms. The third-order valence-corrected chi connectivity index (χ3v) is 3.27. The third-order valence-electron chi connectivity index (χ3n) is 3.27. The summed E-state index contributed by atoms with van der Waals surface area (Å²) in [7, 11) is 1.69. The molecule has 1 saturated heterocycles. The molecule has 19 heavy (non-hydrogen) atoms. The monoisotopic (exact) mass is 266 g/mol. The summed E-state index contributed by atoms with van der Waals surface area (Å²) in [5, 5.41) is 0. The predicted molar refractivity (Wildman–Crippen MR) is 78.6 cm³/mol. The van der Waals surface area contributed by atoms with Crippen LogP contribution in [0.4, 0.5) is 0 Å². The average Bonchev–Trinajstić information content (AvgIpc) is 2.95. The lowest BCUT2D eigenvalue weighted by atomic mass is 10.1. The zero-order valence-electron chi connectivity index (χ0n) is 11.9. The van der Waals surface area contributed by atoms with Crippen LogP contribution in [0.5, 0.6) is 0 Å². The van der Waals surface area contributed by atoms with Crippen LogP contribution in [0.3, 0.4) is 0 Å². The van der Waals surface area contributed by atoms with E-state index in [4.69, 9.17) is 15.2 Å². The summed E-state index contributed by atoms with van der Waals surface area (Å²) in [5.41, 5.74) is 5.69. The van der Waals surface area contributed by atoms with Crippen molar-refractivity contribution in [1.29, 1.82) is 0 Å². The van der Waals surface area contributed by atoms with Gasteiger partial charge in [0.2, 0.25) is 0 Å². The van der Waals surface area contributed by atoms with Gasteiger partial charge in [-0.2, -0.15) is 0 Å². The van der Waals surface area contributed by atoms with Crippen LogP contribution in [-0.4, -0.2) is 44.5 Å². The molecule has 2 N–H and O–H groups in total. The number of nitrogens with two attached hydrogens (primary N) is 1. The van der Waals surface area contributed by atoms with Crippen molar-refractivity contribution in [2.75, 3.05) is 33.5 Å². The Balaban J connectivity index is 2.43. The van der Waals surface area contributed by atoms with E-state index in [9.17, 15) is 0 Å². The van der Waals surface area contributed by atoms with Crippen LogP contribution in [0.15, 0.2) is 36.6 Å². The molecule has 1 aliphatic rings. The first kappa shape index (κ1) is 16.0. The topological polar surface area (TPSA) is 47.7 Å². The first-order valence-electron chi connectivity index (χ1n) is 6.87. The highest BCUT2D eigenvalue weighted by atomic mass is 16.5. The van der Waals surface area contributed by atoms with Crippen LogP contribution in [0, 0.1) is 0 Å². The molecule has 1 heterocycles. The molecule has 1 rings (SSSR count). The highest BCUT2D eigenvalue weighted by Crippen LogP contribution is 2.15. The molecule has 4 nitrogen and oxygen atoms in total. The SMILES string of the molecule is C=C/C=C\C(=C/CCC(CCN)N1CCOC1)OC. The zero-order valence-corrected chi connectivity index (χ0v) is 11.9. The zero-order chi connectivity index (χ0) is 13.9. The van der Waals surface area contributed by atoms with Crippen molar-refractivity contribution in [3.63, 3.8) is 0 Å². The molecule has 0 aromatic heterocycles. The van der Waals surface area contributed by atoms with E-state index >= 15 is 0 Å². The summed E-state index contributed by atoms with van der Waals surface area (Å²) in [4.78, 5) is 2.37. The molecule has 1 aliphatic heterocycles. The maximum absolute atomic E-state index is 5.69. The van der Waals surface area contributed by atoms with Gasteiger partial charge in [0.15, 0.2) is 0 Å². The largest absolute Gasteiger partial charge is 0.497 e. The molecule has 1 unspecified atom stereocenters. The molecular formula is C15H26N2O2. The smallest absolute Gasteiger partial charge is 0.114 e. The van der Waals surface area contributed by atoms with Gasteiger partial charge < -0.3 is 15.2 Å². The lowest BCUT2D eigenvalue weighted by Gasteiger charge is -2.25. The summed E-state index contributed by atoms with van der Waals surface area (Å²) in [5.74, 6) is 0.879. The molecule has 0 aliphatic carbocycles. The molecule has 108 valence electrons. The van der Waals surface area contributed by atoms with Crippen LogP contribution < -0.4 is 5.73 Å². The number of methoxy groups -OCH3 is 1. The van der Waals surface area contributed by atoms with Gasteiger partial charge in [0.25, 0.3) is 0 Å². The maximum atomic E-state index is 5.69. The van der Waals surface area contributed by atoms with E-state index in [2.05, 4.69) is 17.6 Å². The molecule has 0 aromatic rings. The molecule has 0 bridgehead atoms. The number of nitrogens with zero attached hydrogens (tertiary/aromatic N) is 1. The number of rotatable bonds is 9. The van der Waals surface area contributed by atoms with E-state index in [1.807, 2.05) is 12.2 Å². The predicted octanol–water partition coefficient (Wildman–Crippen LogP) is 2.05. The normalized spacial score (nSPS) is 18.9. The Bertz CT molecular complexity index is 307. The Kier molecular flexibility index (Phi) is 8.21. The fourth-order valence-corrected chi connectivity index (χ4v) is 2.22. The minimum Gasteiger partial charge on any atom is -0.497 e. The van der Waals surface area contributed by atoms with Crippen LogP contribution in [0.2, 0.25) is 0 Å². The minimum atomic E-state index is 0.505. The van der Waals surface area contributed by atoms with Gasteiger partial charge in [-0.25, -0.2) is 0 Å². The Morgan fingerprint density at radius 1 is 1.53 bits per heavy atom. The average molecular weight is 266 g/mol. The van der Waals surface area contributed by atoms with Gasteiger partial charge in [0.05, 0.1) is 20.4 Å². The van der Waals surface area contributed by atoms with Crippen molar-refractivity contribution in [3.8, 4) is 0 Å². The van der Waals surface area contributed by atoms with Gasteiger partial charge >= 0.3 is 0 Å². The van der Waals surface area contributed by atoms with Crippen molar-refractivity contribution in [1.82, 2.24) is 4.90 Å². The van der Waals surface area contributed by atoms with Gasteiger partial charge in [-0.3, -0.25) is 4.90 Å². The first-order valence-corrected chi connectivity index (χ1v) is 6.87. The second kappa shape index (κ2) is 9.78. The Morgan fingerprint density at radius 2 is 2.37 bits per heavy atom. The summed E-state index contributed by atoms with van der Waals surface area (Å²) < 4.78 is 10.7. The fraction of sp³-hybridized carbons (Fsp3) is 0.600. The van der Waals surface area contributed by atoms with Gasteiger partial charge in [0.1, 0.15) is 5.76 Å². The van der Waals surface area contributed by atoms with E-state index in [0.717, 1.165) is 51.4 Å². The van der Waals surface area contributed by atoms with Gasteiger partial charge in [-0.05, 0) is 38.0 Å². The second-order valence-electron chi connectivity index (χ2n) is 4.56. The molecule has 0 radical (unpaired) electrons. The van der Waals surface area contributed by atoms with Gasteiger partial charge in [0, 0.05) is 12.6 Å². The summed E-state index contributed by atoms with van der Waals surface area (Å²) in [6.07, 6.45) is 10.7. The summed E-state index contributed by atoms with van der Waals surface area (Å²) >= 11 is 0. The van der Waals surface area contributed by atoms with Gasteiger partial charge in [-0.15, -0.1) is 0 Å². The molecule has 0 amide bonds. The molecule has 1 fully saturated rings. The fourth-order valence-electron chi connectivity index (χ4n) is 2.22. The lowest BCUT2D eigenvalue weighted by Crippen LogP contribution is -2.34. The van der Waals surface area contributed by atoms with E-state index in [1.165, 1.54) is 0 Å². The van der Waals surface area contributed by atoms with E-state index in [0.29, 0.717) is 6.04 Å². The third kappa shape index (κ3) is 6.05. The minimum absolute atomic E-state index is 0.505. The van der Waals surface area contributed by atoms with Crippen molar-refractivity contribution in [3.05, 3.63) is 36.6 Å². The van der Waals surface area contributed by atoms with Crippen molar-refractivity contribution < 1.29 is 9.47 Å². The summed E-state index contributed by atoms with van der Waals surface area (Å²) in [6, 6.07) is 0.505. The van der Waals surface area contributed by atoms with Crippen LogP contribution in [0.1, 0.15) is 19.3 Å². The highest BCUT2D eigenvalue weighted by Gasteiger charge is 2.20. The molecule has 0 spiro atoms. The molecule has 0 saturated carbocycles. The number of hydrogen-bond acceptors (Lipinski definition) is 4. The molecule has 1 atom stereocenters. The van der Waals surface area contributed by atoms with Crippen LogP contribution >= 0.6 is 0 Å². The van der Waals surface area contributed by atoms with E-state index < -0.39 is 0 Å². The highest BCUT2D eigenvalue weighted by molar-refractivity contribution is 5.15. The van der Waals surface area contributed by atoms with Crippen LogP contribution in [-0.2, 0) is 9.47 Å². The molecular weight excluding hydrogens is 240 g/mol. The Morgan fingerprint density at radius 3 is 2.95 bits per heavy atom. The maximum Gasteiger partial charge on any atom is 0.114 e. The Hall–Kier alpha value is -1.10. The van der Waals surface area contributed by atoms with E-state index in [-0.39, 0.29) is 0 Å². The quantitative estimate of drug-likeness (QED) is 0.512. The number of ether oxygens (including phenoxy) is 2. The second-order valence-corrected chi connectivity index (χ2v) is 4.56. The van der Waals surface area contributed by atoms with Crippen molar-refractivity contribution in [2.24, 2.45) is 5.73 Å². The number of allylic oxidation sites excluding steroid dienone is 4. The van der Waals surface area contributed by atoms with E-state index in [1.54, 1.807) is 13.2 Å². The Labute approximate surface area is 116 Å². The summed E-state index contributed by atoms with van der Waals surface area (Å²) in [6.45, 7) is 6.96. The van der Waals surface area contributed by atoms with Crippen LogP contribution in [0.25, 0.3) is 0 Å². The first-order chi connectivity index (χ1) is 9.31. The lowest BCUT2D eigenvalue weighted by molar-refractivity contribution is 0.108. The number of hydrogen-bond donors (Lipinski definition) is 1.